The molecule has 0 bridgehead atoms. The summed E-state index contributed by atoms with van der Waals surface area (Å²) in [5, 5.41) is 9.87. The number of fused-ring (bicyclic) bond motifs is 1. The van der Waals surface area contributed by atoms with Crippen LogP contribution in [-0.2, 0) is 0 Å². The van der Waals surface area contributed by atoms with Crippen molar-refractivity contribution in [3.8, 4) is 0 Å². The fraction of sp³-hybridized carbons (Fsp3) is 0.692. The van der Waals surface area contributed by atoms with Crippen molar-refractivity contribution < 1.29 is 5.11 Å². The molecule has 0 saturated heterocycles. The lowest BCUT2D eigenvalue weighted by Gasteiger charge is -2.49. The van der Waals surface area contributed by atoms with Gasteiger partial charge in [-0.2, -0.15) is 0 Å². The fourth-order valence-electron chi connectivity index (χ4n) is 3.47. The van der Waals surface area contributed by atoms with Crippen LogP contribution >= 0.6 is 15.9 Å². The third kappa shape index (κ3) is 1.45. The molecule has 0 heterocycles. The molecule has 0 unspecified atom stereocenters. The SMILES string of the molecule is C[C@H](O)C1=CC[C@@]2(N)/C(=C/Br)CCC[C@]12C. The van der Waals surface area contributed by atoms with Gasteiger partial charge in [0.15, 0.2) is 0 Å². The highest BCUT2D eigenvalue weighted by Crippen LogP contribution is 2.56. The summed E-state index contributed by atoms with van der Waals surface area (Å²) in [4.78, 5) is 1.99. The summed E-state index contributed by atoms with van der Waals surface area (Å²) in [5.41, 5.74) is 8.67. The number of aliphatic hydroxyl groups excluding tert-OH is 1. The third-order valence-corrected chi connectivity index (χ3v) is 5.10. The molecule has 0 amide bonds. The molecular weight excluding hydrogens is 266 g/mol. The molecule has 2 rings (SSSR count). The number of hydrogen-bond acceptors (Lipinski definition) is 2. The summed E-state index contributed by atoms with van der Waals surface area (Å²) in [6.07, 6.45) is 5.90. The van der Waals surface area contributed by atoms with Gasteiger partial charge < -0.3 is 10.8 Å². The van der Waals surface area contributed by atoms with E-state index in [1.54, 1.807) is 0 Å². The highest BCUT2D eigenvalue weighted by Gasteiger charge is 2.54. The van der Waals surface area contributed by atoms with Crippen molar-refractivity contribution in [2.24, 2.45) is 11.1 Å². The van der Waals surface area contributed by atoms with Gasteiger partial charge in [-0.1, -0.05) is 28.9 Å². The van der Waals surface area contributed by atoms with Crippen LogP contribution in [0.5, 0.6) is 0 Å². The van der Waals surface area contributed by atoms with Gasteiger partial charge in [0.25, 0.3) is 0 Å². The number of aliphatic hydroxyl groups is 1. The number of hydrogen-bond donors (Lipinski definition) is 2. The van der Waals surface area contributed by atoms with Crippen LogP contribution in [0.1, 0.15) is 39.5 Å². The Labute approximate surface area is 106 Å². The van der Waals surface area contributed by atoms with E-state index in [-0.39, 0.29) is 17.1 Å². The molecule has 0 aromatic heterocycles. The minimum absolute atomic E-state index is 0.0704. The van der Waals surface area contributed by atoms with Gasteiger partial charge >= 0.3 is 0 Å². The molecule has 0 spiro atoms. The molecule has 3 N–H and O–H groups in total. The van der Waals surface area contributed by atoms with Gasteiger partial charge in [0.05, 0.1) is 11.6 Å². The topological polar surface area (TPSA) is 46.2 Å². The molecule has 1 saturated carbocycles. The molecule has 90 valence electrons. The van der Waals surface area contributed by atoms with Crippen LogP contribution in [0, 0.1) is 5.41 Å². The Balaban J connectivity index is 2.44. The van der Waals surface area contributed by atoms with Gasteiger partial charge in [-0.3, -0.25) is 0 Å². The van der Waals surface area contributed by atoms with Crippen LogP contribution in [0.15, 0.2) is 22.2 Å². The third-order valence-electron chi connectivity index (χ3n) is 4.54. The zero-order chi connectivity index (χ0) is 12.0. The van der Waals surface area contributed by atoms with Gasteiger partial charge in [-0.15, -0.1) is 0 Å². The molecule has 0 aliphatic heterocycles. The van der Waals surface area contributed by atoms with E-state index in [2.05, 4.69) is 28.9 Å². The van der Waals surface area contributed by atoms with Crippen molar-refractivity contribution in [3.63, 3.8) is 0 Å². The first-order chi connectivity index (χ1) is 7.45. The number of halogens is 1. The van der Waals surface area contributed by atoms with E-state index in [0.717, 1.165) is 31.3 Å². The number of rotatable bonds is 1. The summed E-state index contributed by atoms with van der Waals surface area (Å²) >= 11 is 3.44. The maximum Gasteiger partial charge on any atom is 0.0728 e. The van der Waals surface area contributed by atoms with Gasteiger partial charge in [-0.05, 0) is 48.7 Å². The minimum atomic E-state index is -0.384. The molecule has 3 heteroatoms. The van der Waals surface area contributed by atoms with E-state index in [1.807, 2.05) is 11.9 Å². The molecule has 3 atom stereocenters. The largest absolute Gasteiger partial charge is 0.389 e. The van der Waals surface area contributed by atoms with E-state index < -0.39 is 0 Å². The van der Waals surface area contributed by atoms with Crippen molar-refractivity contribution in [1.82, 2.24) is 0 Å². The van der Waals surface area contributed by atoms with Crippen molar-refractivity contribution in [2.75, 3.05) is 0 Å². The fourth-order valence-corrected chi connectivity index (χ4v) is 4.11. The zero-order valence-corrected chi connectivity index (χ0v) is 11.5. The quantitative estimate of drug-likeness (QED) is 0.728. The van der Waals surface area contributed by atoms with Gasteiger partial charge in [0, 0.05) is 5.41 Å². The van der Waals surface area contributed by atoms with E-state index in [0.29, 0.717) is 0 Å². The van der Waals surface area contributed by atoms with E-state index in [9.17, 15) is 5.11 Å². The van der Waals surface area contributed by atoms with Gasteiger partial charge in [-0.25, -0.2) is 0 Å². The second-order valence-corrected chi connectivity index (χ2v) is 5.79. The van der Waals surface area contributed by atoms with E-state index in [4.69, 9.17) is 5.73 Å². The molecule has 0 aromatic carbocycles. The molecule has 16 heavy (non-hydrogen) atoms. The first-order valence-corrected chi connectivity index (χ1v) is 6.84. The molecule has 2 aliphatic carbocycles. The lowest BCUT2D eigenvalue weighted by Crippen LogP contribution is -2.56. The predicted octanol–water partition coefficient (Wildman–Crippen LogP) is 2.86. The van der Waals surface area contributed by atoms with Crippen molar-refractivity contribution >= 4 is 15.9 Å². The first-order valence-electron chi connectivity index (χ1n) is 5.93. The Kier molecular flexibility index (Phi) is 3.06. The lowest BCUT2D eigenvalue weighted by molar-refractivity contribution is 0.139. The van der Waals surface area contributed by atoms with Crippen LogP contribution in [-0.4, -0.2) is 16.7 Å². The van der Waals surface area contributed by atoms with Crippen LogP contribution in [0.3, 0.4) is 0 Å². The van der Waals surface area contributed by atoms with Crippen LogP contribution in [0.4, 0.5) is 0 Å². The number of nitrogens with two attached hydrogens (primary N) is 1. The Hall–Kier alpha value is -0.120. The van der Waals surface area contributed by atoms with Crippen LogP contribution in [0.25, 0.3) is 0 Å². The summed E-state index contributed by atoms with van der Waals surface area (Å²) < 4.78 is 0. The maximum atomic E-state index is 9.87. The van der Waals surface area contributed by atoms with E-state index in [1.165, 1.54) is 5.57 Å². The zero-order valence-electron chi connectivity index (χ0n) is 9.96. The van der Waals surface area contributed by atoms with Crippen LogP contribution in [0.2, 0.25) is 0 Å². The Morgan fingerprint density at radius 3 is 2.88 bits per heavy atom. The monoisotopic (exact) mass is 285 g/mol. The summed E-state index contributed by atoms with van der Waals surface area (Å²) in [7, 11) is 0. The summed E-state index contributed by atoms with van der Waals surface area (Å²) in [6, 6.07) is 0. The first kappa shape index (κ1) is 12.3. The van der Waals surface area contributed by atoms with Crippen LogP contribution < -0.4 is 5.73 Å². The van der Waals surface area contributed by atoms with Crippen molar-refractivity contribution in [1.29, 1.82) is 0 Å². The second-order valence-electron chi connectivity index (χ2n) is 5.33. The Bertz CT molecular complexity index is 361. The van der Waals surface area contributed by atoms with Crippen molar-refractivity contribution in [3.05, 3.63) is 22.2 Å². The molecule has 0 aromatic rings. The normalized spacial score (nSPS) is 43.1. The highest BCUT2D eigenvalue weighted by atomic mass is 79.9. The smallest absolute Gasteiger partial charge is 0.0728 e. The predicted molar refractivity (Wildman–Crippen MR) is 70.3 cm³/mol. The molecule has 1 fully saturated rings. The molecule has 2 aliphatic rings. The maximum absolute atomic E-state index is 9.87. The Morgan fingerprint density at radius 2 is 2.31 bits per heavy atom. The standard InChI is InChI=1S/C13H20BrNO/c1-9(16)11-5-7-13(15)10(8-14)4-3-6-12(11,13)2/h5,8-9,16H,3-4,6-7,15H2,1-2H3/b10-8+/t9-,12+,13+/m0/s1. The molecular formula is C13H20BrNO. The average molecular weight is 286 g/mol. The molecule has 0 radical (unpaired) electrons. The lowest BCUT2D eigenvalue weighted by atomic mass is 9.59. The summed E-state index contributed by atoms with van der Waals surface area (Å²) in [6.45, 7) is 4.04. The second kappa shape index (κ2) is 3.97. The van der Waals surface area contributed by atoms with E-state index >= 15 is 0 Å². The molecule has 2 nitrogen and oxygen atoms in total. The van der Waals surface area contributed by atoms with Gasteiger partial charge in [0.2, 0.25) is 0 Å². The van der Waals surface area contributed by atoms with Gasteiger partial charge in [0.1, 0.15) is 0 Å². The summed E-state index contributed by atoms with van der Waals surface area (Å²) in [5.74, 6) is 0. The van der Waals surface area contributed by atoms with Crippen molar-refractivity contribution in [2.45, 2.75) is 51.2 Å². The Morgan fingerprint density at radius 1 is 1.62 bits per heavy atom. The minimum Gasteiger partial charge on any atom is -0.389 e. The highest BCUT2D eigenvalue weighted by molar-refractivity contribution is 9.11. The average Bonchev–Trinajstić information content (AvgIpc) is 2.49.